The standard InChI is InChI=1S/C19H22N2O2/c1-14-17(19(22)23-2)8-5-9-18(14)20-12-15-10-11-21(13-15)16-6-3-4-7-16/h5,8-13,16H,3-4,6-7H2,1-2H3. The molecule has 1 aliphatic rings. The molecule has 0 bridgehead atoms. The molecule has 1 saturated carbocycles. The largest absolute Gasteiger partial charge is 0.465 e. The van der Waals surface area contributed by atoms with Crippen LogP contribution in [-0.2, 0) is 4.74 Å². The van der Waals surface area contributed by atoms with Gasteiger partial charge in [0, 0.05) is 30.2 Å². The summed E-state index contributed by atoms with van der Waals surface area (Å²) in [4.78, 5) is 16.3. The molecule has 120 valence electrons. The minimum atomic E-state index is -0.327. The summed E-state index contributed by atoms with van der Waals surface area (Å²) in [6.07, 6.45) is 11.3. The molecular formula is C19H22N2O2. The third-order valence-electron chi connectivity index (χ3n) is 4.55. The van der Waals surface area contributed by atoms with Crippen molar-refractivity contribution in [3.05, 3.63) is 53.3 Å². The lowest BCUT2D eigenvalue weighted by Gasteiger charge is -2.10. The van der Waals surface area contributed by atoms with Gasteiger partial charge in [0.15, 0.2) is 0 Å². The molecule has 0 spiro atoms. The lowest BCUT2D eigenvalue weighted by molar-refractivity contribution is 0.0600. The second-order valence-corrected chi connectivity index (χ2v) is 6.03. The molecule has 3 rings (SSSR count). The summed E-state index contributed by atoms with van der Waals surface area (Å²) in [5, 5.41) is 0. The average Bonchev–Trinajstić information content (AvgIpc) is 3.24. The number of carbonyl (C=O) groups is 1. The molecule has 2 aromatic rings. The fourth-order valence-electron chi connectivity index (χ4n) is 3.17. The van der Waals surface area contributed by atoms with Crippen LogP contribution in [0.4, 0.5) is 5.69 Å². The molecule has 23 heavy (non-hydrogen) atoms. The molecular weight excluding hydrogens is 288 g/mol. The Morgan fingerprint density at radius 3 is 2.83 bits per heavy atom. The Balaban J connectivity index is 1.79. The highest BCUT2D eigenvalue weighted by molar-refractivity contribution is 5.93. The Kier molecular flexibility index (Phi) is 4.60. The molecule has 4 nitrogen and oxygen atoms in total. The highest BCUT2D eigenvalue weighted by Crippen LogP contribution is 2.29. The van der Waals surface area contributed by atoms with Crippen LogP contribution in [0.2, 0.25) is 0 Å². The Bertz CT molecular complexity index is 725. The number of hydrogen-bond acceptors (Lipinski definition) is 3. The van der Waals surface area contributed by atoms with Crippen LogP contribution in [0.1, 0.15) is 53.2 Å². The molecule has 0 saturated heterocycles. The highest BCUT2D eigenvalue weighted by Gasteiger charge is 2.16. The quantitative estimate of drug-likeness (QED) is 0.618. The van der Waals surface area contributed by atoms with Crippen LogP contribution in [0.3, 0.4) is 0 Å². The van der Waals surface area contributed by atoms with Gasteiger partial charge in [-0.1, -0.05) is 18.9 Å². The van der Waals surface area contributed by atoms with Crippen LogP contribution in [0.5, 0.6) is 0 Å². The third kappa shape index (κ3) is 3.36. The molecule has 0 aliphatic heterocycles. The molecule has 0 amide bonds. The maximum atomic E-state index is 11.7. The van der Waals surface area contributed by atoms with E-state index in [0.717, 1.165) is 16.8 Å². The Hall–Kier alpha value is -2.36. The van der Waals surface area contributed by atoms with Gasteiger partial charge in [0.05, 0.1) is 18.4 Å². The minimum Gasteiger partial charge on any atom is -0.465 e. The van der Waals surface area contributed by atoms with Crippen LogP contribution in [0.25, 0.3) is 0 Å². The summed E-state index contributed by atoms with van der Waals surface area (Å²) in [7, 11) is 1.39. The lowest BCUT2D eigenvalue weighted by Crippen LogP contribution is -2.03. The summed E-state index contributed by atoms with van der Waals surface area (Å²) in [6, 6.07) is 8.22. The van der Waals surface area contributed by atoms with Crippen molar-refractivity contribution in [1.82, 2.24) is 4.57 Å². The van der Waals surface area contributed by atoms with E-state index in [4.69, 9.17) is 4.74 Å². The molecule has 4 heteroatoms. The molecule has 1 aromatic carbocycles. The molecule has 1 fully saturated rings. The summed E-state index contributed by atoms with van der Waals surface area (Å²) >= 11 is 0. The number of nitrogens with zero attached hydrogens (tertiary/aromatic N) is 2. The first-order chi connectivity index (χ1) is 11.2. The van der Waals surface area contributed by atoms with Gasteiger partial charge in [-0.05, 0) is 43.5 Å². The Labute approximate surface area is 136 Å². The SMILES string of the molecule is COC(=O)c1cccc(N=Cc2ccn(C3CCCC3)c2)c1C. The molecule has 0 unspecified atom stereocenters. The number of aromatic nitrogens is 1. The summed E-state index contributed by atoms with van der Waals surface area (Å²) < 4.78 is 7.10. The van der Waals surface area contributed by atoms with Gasteiger partial charge in [0.2, 0.25) is 0 Å². The third-order valence-corrected chi connectivity index (χ3v) is 4.55. The van der Waals surface area contributed by atoms with Gasteiger partial charge in [-0.25, -0.2) is 4.79 Å². The Morgan fingerprint density at radius 1 is 1.30 bits per heavy atom. The van der Waals surface area contributed by atoms with Crippen LogP contribution < -0.4 is 0 Å². The number of rotatable bonds is 4. The predicted molar refractivity (Wildman–Crippen MR) is 91.7 cm³/mol. The summed E-state index contributed by atoms with van der Waals surface area (Å²) in [5.41, 5.74) is 3.28. The molecule has 1 heterocycles. The smallest absolute Gasteiger partial charge is 0.338 e. The maximum Gasteiger partial charge on any atom is 0.338 e. The normalized spacial score (nSPS) is 15.4. The van der Waals surface area contributed by atoms with Crippen molar-refractivity contribution in [2.75, 3.05) is 7.11 Å². The predicted octanol–water partition coefficient (Wildman–Crippen LogP) is 4.45. The van der Waals surface area contributed by atoms with Crippen LogP contribution in [0, 0.1) is 6.92 Å². The van der Waals surface area contributed by atoms with Crippen molar-refractivity contribution in [2.45, 2.75) is 38.6 Å². The number of esters is 1. The number of benzene rings is 1. The van der Waals surface area contributed by atoms with E-state index in [1.807, 2.05) is 25.3 Å². The monoisotopic (exact) mass is 310 g/mol. The van der Waals surface area contributed by atoms with Gasteiger partial charge in [-0.15, -0.1) is 0 Å². The zero-order valence-electron chi connectivity index (χ0n) is 13.7. The van der Waals surface area contributed by atoms with E-state index in [2.05, 4.69) is 28.0 Å². The first-order valence-corrected chi connectivity index (χ1v) is 8.08. The summed E-state index contributed by atoms with van der Waals surface area (Å²) in [6.45, 7) is 1.89. The molecule has 1 aliphatic carbocycles. The lowest BCUT2D eigenvalue weighted by atomic mass is 10.1. The van der Waals surface area contributed by atoms with E-state index in [0.29, 0.717) is 11.6 Å². The van der Waals surface area contributed by atoms with E-state index in [-0.39, 0.29) is 5.97 Å². The van der Waals surface area contributed by atoms with Crippen LogP contribution >= 0.6 is 0 Å². The van der Waals surface area contributed by atoms with Crippen molar-refractivity contribution < 1.29 is 9.53 Å². The maximum absolute atomic E-state index is 11.7. The van der Waals surface area contributed by atoms with Crippen LogP contribution in [0.15, 0.2) is 41.7 Å². The fourth-order valence-corrected chi connectivity index (χ4v) is 3.17. The van der Waals surface area contributed by atoms with Crippen molar-refractivity contribution in [2.24, 2.45) is 4.99 Å². The molecule has 1 aromatic heterocycles. The zero-order chi connectivity index (χ0) is 16.2. The second-order valence-electron chi connectivity index (χ2n) is 6.03. The Morgan fingerprint density at radius 2 is 2.09 bits per heavy atom. The molecule has 0 atom stereocenters. The average molecular weight is 310 g/mol. The first kappa shape index (κ1) is 15.5. The van der Waals surface area contributed by atoms with Gasteiger partial charge in [-0.2, -0.15) is 0 Å². The minimum absolute atomic E-state index is 0.327. The second kappa shape index (κ2) is 6.82. The number of hydrogen-bond donors (Lipinski definition) is 0. The first-order valence-electron chi connectivity index (χ1n) is 8.08. The van der Waals surface area contributed by atoms with Crippen LogP contribution in [-0.4, -0.2) is 23.9 Å². The van der Waals surface area contributed by atoms with E-state index in [1.54, 1.807) is 6.07 Å². The van der Waals surface area contributed by atoms with E-state index < -0.39 is 0 Å². The van der Waals surface area contributed by atoms with Crippen molar-refractivity contribution in [1.29, 1.82) is 0 Å². The van der Waals surface area contributed by atoms with Crippen molar-refractivity contribution in [3.63, 3.8) is 0 Å². The summed E-state index contributed by atoms with van der Waals surface area (Å²) in [5.74, 6) is -0.327. The zero-order valence-corrected chi connectivity index (χ0v) is 13.7. The highest BCUT2D eigenvalue weighted by atomic mass is 16.5. The topological polar surface area (TPSA) is 43.6 Å². The van der Waals surface area contributed by atoms with E-state index in [1.165, 1.54) is 32.8 Å². The van der Waals surface area contributed by atoms with Gasteiger partial charge in [0.25, 0.3) is 0 Å². The number of aliphatic imine (C=N–C) groups is 1. The van der Waals surface area contributed by atoms with E-state index >= 15 is 0 Å². The number of carbonyl (C=O) groups excluding carboxylic acids is 1. The van der Waals surface area contributed by atoms with Gasteiger partial charge >= 0.3 is 5.97 Å². The van der Waals surface area contributed by atoms with Gasteiger partial charge < -0.3 is 9.30 Å². The number of ether oxygens (including phenoxy) is 1. The van der Waals surface area contributed by atoms with Crippen molar-refractivity contribution >= 4 is 17.9 Å². The van der Waals surface area contributed by atoms with Gasteiger partial charge in [0.1, 0.15) is 0 Å². The number of methoxy groups -OCH3 is 1. The molecule has 0 N–H and O–H groups in total. The van der Waals surface area contributed by atoms with Crippen molar-refractivity contribution in [3.8, 4) is 0 Å². The van der Waals surface area contributed by atoms with Gasteiger partial charge in [-0.3, -0.25) is 4.99 Å². The molecule has 0 radical (unpaired) electrons. The fraction of sp³-hybridized carbons (Fsp3) is 0.368. The van der Waals surface area contributed by atoms with E-state index in [9.17, 15) is 4.79 Å².